The van der Waals surface area contributed by atoms with E-state index in [-0.39, 0.29) is 29.2 Å². The molecule has 1 saturated heterocycles. The number of rotatable bonds is 8. The van der Waals surface area contributed by atoms with Crippen molar-refractivity contribution in [3.8, 4) is 23.1 Å². The molecule has 4 rings (SSSR count). The first kappa shape index (κ1) is 24.7. The monoisotopic (exact) mass is 490 g/mol. The van der Waals surface area contributed by atoms with E-state index in [1.54, 1.807) is 61.7 Å². The van der Waals surface area contributed by atoms with Gasteiger partial charge in [-0.05, 0) is 68.3 Å². The van der Waals surface area contributed by atoms with Gasteiger partial charge >= 0.3 is 0 Å². The van der Waals surface area contributed by atoms with Gasteiger partial charge < -0.3 is 25.4 Å². The van der Waals surface area contributed by atoms with Crippen LogP contribution in [0.5, 0.6) is 23.1 Å². The molecule has 0 bridgehead atoms. The van der Waals surface area contributed by atoms with E-state index in [1.165, 1.54) is 18.2 Å². The Hall–Kier alpha value is -4.40. The number of nitrogens with one attached hydrogen (secondary N) is 1. The zero-order chi connectivity index (χ0) is 25.5. The van der Waals surface area contributed by atoms with Crippen molar-refractivity contribution in [2.75, 3.05) is 18.0 Å². The quantitative estimate of drug-likeness (QED) is 0.448. The molecular formula is C27H27FN4O4. The summed E-state index contributed by atoms with van der Waals surface area (Å²) in [6, 6.07) is 14.1. The Balaban J connectivity index is 1.45. The number of amides is 2. The minimum atomic E-state index is -0.666. The zero-order valence-electron chi connectivity index (χ0n) is 19.8. The third kappa shape index (κ3) is 6.38. The van der Waals surface area contributed by atoms with Crippen LogP contribution in [0.25, 0.3) is 0 Å². The molecule has 1 aromatic heterocycles. The van der Waals surface area contributed by atoms with Crippen LogP contribution >= 0.6 is 0 Å². The van der Waals surface area contributed by atoms with Crippen molar-refractivity contribution in [2.45, 2.75) is 25.8 Å². The van der Waals surface area contributed by atoms with E-state index in [0.29, 0.717) is 23.8 Å². The SMILES string of the molecule is CC=CC(=O)NC1CCCN(c2cnc(Oc3ccc(Oc4cccc(F)c4)cc3)c(C(N)=O)c2)C1. The Morgan fingerprint density at radius 3 is 2.56 bits per heavy atom. The molecule has 3 N–H and O–H groups in total. The van der Waals surface area contributed by atoms with Gasteiger partial charge in [-0.15, -0.1) is 0 Å². The fourth-order valence-electron chi connectivity index (χ4n) is 3.96. The molecule has 1 fully saturated rings. The summed E-state index contributed by atoms with van der Waals surface area (Å²) in [5, 5.41) is 2.99. The van der Waals surface area contributed by atoms with Crippen molar-refractivity contribution in [1.82, 2.24) is 10.3 Å². The maximum Gasteiger partial charge on any atom is 0.254 e. The molecule has 3 aromatic rings. The van der Waals surface area contributed by atoms with Crippen molar-refractivity contribution in [3.63, 3.8) is 0 Å². The van der Waals surface area contributed by atoms with E-state index in [4.69, 9.17) is 15.2 Å². The van der Waals surface area contributed by atoms with Crippen LogP contribution in [-0.4, -0.2) is 35.9 Å². The number of pyridine rings is 1. The van der Waals surface area contributed by atoms with E-state index in [0.717, 1.165) is 25.1 Å². The lowest BCUT2D eigenvalue weighted by molar-refractivity contribution is -0.117. The van der Waals surface area contributed by atoms with Gasteiger partial charge in [-0.3, -0.25) is 9.59 Å². The summed E-state index contributed by atoms with van der Waals surface area (Å²) in [5.41, 5.74) is 6.49. The standard InChI is InChI=1S/C27H27FN4O4/c1-2-5-25(33)31-19-7-4-13-32(17-19)20-15-24(26(29)34)27(30-16-20)36-22-11-9-21(10-12-22)35-23-8-3-6-18(28)14-23/h2-3,5-6,8-12,14-16,19H,4,7,13,17H2,1H3,(H2,29,34)(H,31,33). The molecule has 1 atom stereocenters. The number of piperidine rings is 1. The number of anilines is 1. The third-order valence-electron chi connectivity index (χ3n) is 5.62. The number of hydrogen-bond acceptors (Lipinski definition) is 6. The van der Waals surface area contributed by atoms with Crippen molar-refractivity contribution in [1.29, 1.82) is 0 Å². The van der Waals surface area contributed by atoms with Crippen molar-refractivity contribution >= 4 is 17.5 Å². The van der Waals surface area contributed by atoms with E-state index in [9.17, 15) is 14.0 Å². The van der Waals surface area contributed by atoms with E-state index < -0.39 is 5.91 Å². The number of benzene rings is 2. The first-order chi connectivity index (χ1) is 17.4. The number of allylic oxidation sites excluding steroid dienone is 1. The number of carbonyl (C=O) groups excluding carboxylic acids is 2. The highest BCUT2D eigenvalue weighted by Gasteiger charge is 2.23. The van der Waals surface area contributed by atoms with Gasteiger partial charge in [0.05, 0.1) is 11.9 Å². The van der Waals surface area contributed by atoms with Crippen LogP contribution in [0.2, 0.25) is 0 Å². The van der Waals surface area contributed by atoms with Crippen LogP contribution in [0.1, 0.15) is 30.1 Å². The molecule has 1 aliphatic rings. The molecule has 186 valence electrons. The Morgan fingerprint density at radius 1 is 1.11 bits per heavy atom. The highest BCUT2D eigenvalue weighted by Crippen LogP contribution is 2.30. The first-order valence-corrected chi connectivity index (χ1v) is 11.6. The Kier molecular flexibility index (Phi) is 7.79. The fraction of sp³-hybridized carbons (Fsp3) is 0.222. The molecule has 0 saturated carbocycles. The molecule has 0 spiro atoms. The molecule has 2 heterocycles. The molecule has 0 aliphatic carbocycles. The Labute approximate surface area is 208 Å². The zero-order valence-corrected chi connectivity index (χ0v) is 19.8. The maximum absolute atomic E-state index is 13.4. The summed E-state index contributed by atoms with van der Waals surface area (Å²) in [7, 11) is 0. The minimum absolute atomic E-state index is 0.0106. The smallest absolute Gasteiger partial charge is 0.254 e. The molecule has 0 radical (unpaired) electrons. The van der Waals surface area contributed by atoms with Gasteiger partial charge in [-0.2, -0.15) is 0 Å². The van der Waals surface area contributed by atoms with E-state index in [2.05, 4.69) is 15.2 Å². The number of carbonyl (C=O) groups is 2. The summed E-state index contributed by atoms with van der Waals surface area (Å²) in [5.74, 6) is 0.191. The van der Waals surface area contributed by atoms with Gasteiger partial charge in [-0.1, -0.05) is 12.1 Å². The number of hydrogen-bond donors (Lipinski definition) is 2. The van der Waals surface area contributed by atoms with Crippen LogP contribution in [0, 0.1) is 5.82 Å². The lowest BCUT2D eigenvalue weighted by Gasteiger charge is -2.34. The molecule has 36 heavy (non-hydrogen) atoms. The van der Waals surface area contributed by atoms with Crippen LogP contribution in [0.15, 0.2) is 72.9 Å². The third-order valence-corrected chi connectivity index (χ3v) is 5.62. The van der Waals surface area contributed by atoms with Crippen LogP contribution < -0.4 is 25.4 Å². The number of halogens is 1. The van der Waals surface area contributed by atoms with Gasteiger partial charge in [0.25, 0.3) is 5.91 Å². The molecular weight excluding hydrogens is 463 g/mol. The average Bonchev–Trinajstić information content (AvgIpc) is 2.86. The van der Waals surface area contributed by atoms with Crippen LogP contribution in [-0.2, 0) is 4.79 Å². The lowest BCUT2D eigenvalue weighted by atomic mass is 10.0. The Morgan fingerprint density at radius 2 is 1.86 bits per heavy atom. The number of nitrogens with two attached hydrogens (primary N) is 1. The molecule has 2 aromatic carbocycles. The maximum atomic E-state index is 13.4. The van der Waals surface area contributed by atoms with Gasteiger partial charge in [0, 0.05) is 25.2 Å². The van der Waals surface area contributed by atoms with Gasteiger partial charge in [0.15, 0.2) is 0 Å². The average molecular weight is 491 g/mol. The van der Waals surface area contributed by atoms with Crippen molar-refractivity contribution in [3.05, 3.63) is 84.3 Å². The summed E-state index contributed by atoms with van der Waals surface area (Å²) in [6.45, 7) is 3.15. The summed E-state index contributed by atoms with van der Waals surface area (Å²) in [6.07, 6.45) is 6.57. The van der Waals surface area contributed by atoms with Crippen molar-refractivity contribution < 1.29 is 23.5 Å². The highest BCUT2D eigenvalue weighted by atomic mass is 19.1. The second-order valence-electron chi connectivity index (χ2n) is 8.34. The highest BCUT2D eigenvalue weighted by molar-refractivity contribution is 5.96. The number of primary amides is 1. The summed E-state index contributed by atoms with van der Waals surface area (Å²) < 4.78 is 24.8. The predicted molar refractivity (Wildman–Crippen MR) is 134 cm³/mol. The number of ether oxygens (including phenoxy) is 2. The normalized spacial score (nSPS) is 15.5. The second kappa shape index (κ2) is 11.4. The van der Waals surface area contributed by atoms with Gasteiger partial charge in [-0.25, -0.2) is 9.37 Å². The van der Waals surface area contributed by atoms with E-state index in [1.807, 2.05) is 0 Å². The van der Waals surface area contributed by atoms with Crippen molar-refractivity contribution in [2.24, 2.45) is 5.73 Å². The number of aromatic nitrogens is 1. The van der Waals surface area contributed by atoms with E-state index >= 15 is 0 Å². The largest absolute Gasteiger partial charge is 0.457 e. The lowest BCUT2D eigenvalue weighted by Crippen LogP contribution is -2.47. The molecule has 9 heteroatoms. The van der Waals surface area contributed by atoms with Gasteiger partial charge in [0.2, 0.25) is 11.8 Å². The molecule has 1 aliphatic heterocycles. The second-order valence-corrected chi connectivity index (χ2v) is 8.34. The van der Waals surface area contributed by atoms with Crippen LogP contribution in [0.4, 0.5) is 10.1 Å². The summed E-state index contributed by atoms with van der Waals surface area (Å²) in [4.78, 5) is 30.5. The fourth-order valence-corrected chi connectivity index (χ4v) is 3.96. The molecule has 8 nitrogen and oxygen atoms in total. The predicted octanol–water partition coefficient (Wildman–Crippen LogP) is 4.57. The molecule has 1 unspecified atom stereocenters. The van der Waals surface area contributed by atoms with Crippen LogP contribution in [0.3, 0.4) is 0 Å². The Bertz CT molecular complexity index is 1260. The first-order valence-electron chi connectivity index (χ1n) is 11.6. The topological polar surface area (TPSA) is 107 Å². The number of nitrogens with zero attached hydrogens (tertiary/aromatic N) is 2. The summed E-state index contributed by atoms with van der Waals surface area (Å²) >= 11 is 0. The molecule has 2 amide bonds. The minimum Gasteiger partial charge on any atom is -0.457 e. The van der Waals surface area contributed by atoms with Gasteiger partial charge in [0.1, 0.15) is 28.6 Å².